The van der Waals surface area contributed by atoms with Crippen molar-refractivity contribution in [2.45, 2.75) is 13.5 Å². The van der Waals surface area contributed by atoms with Gasteiger partial charge in [0.2, 0.25) is 11.9 Å². The number of benzene rings is 1. The van der Waals surface area contributed by atoms with Gasteiger partial charge in [-0.1, -0.05) is 35.0 Å². The van der Waals surface area contributed by atoms with Crippen molar-refractivity contribution >= 4 is 27.8 Å². The van der Waals surface area contributed by atoms with Crippen LogP contribution in [0, 0.1) is 5.92 Å². The normalized spacial score (nSPS) is 12.2. The van der Waals surface area contributed by atoms with Crippen molar-refractivity contribution in [2.75, 3.05) is 11.9 Å². The Labute approximate surface area is 126 Å². The van der Waals surface area contributed by atoms with Crippen LogP contribution in [0.3, 0.4) is 0 Å². The first-order valence-electron chi connectivity index (χ1n) is 6.36. The summed E-state index contributed by atoms with van der Waals surface area (Å²) in [7, 11) is 0. The Morgan fingerprint density at radius 3 is 2.80 bits per heavy atom. The maximum Gasteiger partial charge on any atom is 0.230 e. The van der Waals surface area contributed by atoms with E-state index in [1.165, 1.54) is 0 Å². The van der Waals surface area contributed by atoms with Gasteiger partial charge >= 0.3 is 0 Å². The fourth-order valence-electron chi connectivity index (χ4n) is 1.69. The van der Waals surface area contributed by atoms with Crippen LogP contribution in [0.2, 0.25) is 0 Å². The second kappa shape index (κ2) is 6.67. The first kappa shape index (κ1) is 14.7. The lowest BCUT2D eigenvalue weighted by Gasteiger charge is -2.12. The van der Waals surface area contributed by atoms with Gasteiger partial charge in [-0.15, -0.1) is 0 Å². The fraction of sp³-hybridized carbons (Fsp3) is 0.286. The van der Waals surface area contributed by atoms with Crippen LogP contribution in [-0.2, 0) is 11.3 Å². The van der Waals surface area contributed by atoms with E-state index in [1.54, 1.807) is 13.1 Å². The highest BCUT2D eigenvalue weighted by atomic mass is 79.9. The summed E-state index contributed by atoms with van der Waals surface area (Å²) < 4.78 is 2.93. The summed E-state index contributed by atoms with van der Waals surface area (Å²) >= 11 is 3.41. The van der Waals surface area contributed by atoms with E-state index in [2.05, 4.69) is 26.2 Å². The maximum absolute atomic E-state index is 11.8. The number of nitrogens with two attached hydrogens (primary N) is 1. The minimum absolute atomic E-state index is 0.115. The molecular weight excluding hydrogens is 320 g/mol. The molecule has 0 aliphatic rings. The van der Waals surface area contributed by atoms with E-state index in [0.717, 1.165) is 10.0 Å². The third-order valence-corrected chi connectivity index (χ3v) is 3.55. The third-order valence-electron chi connectivity index (χ3n) is 3.02. The lowest BCUT2D eigenvalue weighted by atomic mass is 10.2. The number of carbonyl (C=O) groups excluding carboxylic acids is 1. The molecule has 0 fully saturated rings. The molecule has 5 nitrogen and oxygen atoms in total. The summed E-state index contributed by atoms with van der Waals surface area (Å²) in [4.78, 5) is 16.0. The molecule has 0 aliphatic heterocycles. The first-order chi connectivity index (χ1) is 9.60. The maximum atomic E-state index is 11.8. The lowest BCUT2D eigenvalue weighted by Crippen LogP contribution is -2.28. The molecule has 0 saturated heterocycles. The molecule has 6 heteroatoms. The van der Waals surface area contributed by atoms with Gasteiger partial charge in [0.25, 0.3) is 0 Å². The molecule has 0 saturated carbocycles. The number of carbonyl (C=O) groups is 1. The molecule has 0 aliphatic carbocycles. The van der Waals surface area contributed by atoms with E-state index in [1.807, 2.05) is 35.0 Å². The van der Waals surface area contributed by atoms with Gasteiger partial charge < -0.3 is 10.3 Å². The Morgan fingerprint density at radius 2 is 2.15 bits per heavy atom. The minimum atomic E-state index is -0.229. The number of amides is 1. The number of anilines is 1. The van der Waals surface area contributed by atoms with Crippen LogP contribution in [0.25, 0.3) is 0 Å². The molecule has 2 rings (SSSR count). The molecule has 1 unspecified atom stereocenters. The van der Waals surface area contributed by atoms with Crippen molar-refractivity contribution < 1.29 is 4.79 Å². The van der Waals surface area contributed by atoms with Crippen LogP contribution >= 0.6 is 15.9 Å². The average molecular weight is 337 g/mol. The number of nitrogens with zero attached hydrogens (tertiary/aromatic N) is 2. The van der Waals surface area contributed by atoms with E-state index in [-0.39, 0.29) is 11.8 Å². The van der Waals surface area contributed by atoms with Crippen molar-refractivity contribution in [1.29, 1.82) is 0 Å². The number of aromatic nitrogens is 2. The third kappa shape index (κ3) is 3.68. The molecule has 1 aromatic carbocycles. The van der Waals surface area contributed by atoms with E-state index < -0.39 is 0 Å². The van der Waals surface area contributed by atoms with Crippen LogP contribution in [0.1, 0.15) is 12.5 Å². The summed E-state index contributed by atoms with van der Waals surface area (Å²) in [6, 6.07) is 8.03. The van der Waals surface area contributed by atoms with E-state index in [4.69, 9.17) is 5.73 Å². The first-order valence-corrected chi connectivity index (χ1v) is 7.16. The largest absolute Gasteiger partial charge is 0.330 e. The van der Waals surface area contributed by atoms with Gasteiger partial charge in [-0.3, -0.25) is 10.1 Å². The molecule has 1 aromatic heterocycles. The molecule has 20 heavy (non-hydrogen) atoms. The van der Waals surface area contributed by atoms with Crippen molar-refractivity contribution in [3.8, 4) is 0 Å². The predicted molar refractivity (Wildman–Crippen MR) is 82.3 cm³/mol. The zero-order valence-electron chi connectivity index (χ0n) is 11.2. The van der Waals surface area contributed by atoms with E-state index in [9.17, 15) is 4.79 Å². The molecular formula is C14H17BrN4O. The predicted octanol–water partition coefficient (Wildman–Crippen LogP) is 2.23. The Balaban J connectivity index is 2.08. The topological polar surface area (TPSA) is 72.9 Å². The van der Waals surface area contributed by atoms with Crippen LogP contribution < -0.4 is 11.1 Å². The molecule has 0 radical (unpaired) electrons. The minimum Gasteiger partial charge on any atom is -0.330 e. The molecule has 0 bridgehead atoms. The number of nitrogens with one attached hydrogen (secondary N) is 1. The Hall–Kier alpha value is -1.66. The summed E-state index contributed by atoms with van der Waals surface area (Å²) in [5.74, 6) is 0.196. The highest BCUT2D eigenvalue weighted by Gasteiger charge is 2.13. The van der Waals surface area contributed by atoms with E-state index in [0.29, 0.717) is 19.0 Å². The highest BCUT2D eigenvalue weighted by molar-refractivity contribution is 9.10. The van der Waals surface area contributed by atoms with Gasteiger partial charge in [0, 0.05) is 29.3 Å². The van der Waals surface area contributed by atoms with Crippen molar-refractivity contribution in [1.82, 2.24) is 9.55 Å². The lowest BCUT2D eigenvalue weighted by molar-refractivity contribution is -0.119. The summed E-state index contributed by atoms with van der Waals surface area (Å²) in [6.07, 6.45) is 3.51. The number of rotatable bonds is 5. The average Bonchev–Trinajstić information content (AvgIpc) is 2.87. The molecule has 2 aromatic rings. The van der Waals surface area contributed by atoms with Crippen LogP contribution in [0.15, 0.2) is 41.1 Å². The standard InChI is InChI=1S/C14H17BrN4O/c1-10(8-16)13(20)18-14-17-6-7-19(14)9-11-2-4-12(15)5-3-11/h2-7,10H,8-9,16H2,1H3,(H,17,18,20). The number of halogens is 1. The van der Waals surface area contributed by atoms with Crippen LogP contribution in [0.4, 0.5) is 5.95 Å². The van der Waals surface area contributed by atoms with E-state index >= 15 is 0 Å². The zero-order valence-corrected chi connectivity index (χ0v) is 12.8. The fourth-order valence-corrected chi connectivity index (χ4v) is 1.95. The quantitative estimate of drug-likeness (QED) is 0.879. The highest BCUT2D eigenvalue weighted by Crippen LogP contribution is 2.14. The summed E-state index contributed by atoms with van der Waals surface area (Å²) in [5, 5.41) is 2.80. The molecule has 3 N–H and O–H groups in total. The van der Waals surface area contributed by atoms with Gasteiger partial charge in [-0.05, 0) is 17.7 Å². The van der Waals surface area contributed by atoms with Crippen LogP contribution in [0.5, 0.6) is 0 Å². The van der Waals surface area contributed by atoms with Gasteiger partial charge in [0.05, 0.1) is 6.54 Å². The van der Waals surface area contributed by atoms with Crippen LogP contribution in [-0.4, -0.2) is 22.0 Å². The second-order valence-corrected chi connectivity index (χ2v) is 5.55. The van der Waals surface area contributed by atoms with Crippen molar-refractivity contribution in [3.63, 3.8) is 0 Å². The Kier molecular flexibility index (Phi) is 4.92. The number of imidazole rings is 1. The Bertz CT molecular complexity index is 579. The molecule has 0 spiro atoms. The second-order valence-electron chi connectivity index (χ2n) is 4.63. The summed E-state index contributed by atoms with van der Waals surface area (Å²) in [5.41, 5.74) is 6.62. The van der Waals surface area contributed by atoms with Crippen molar-refractivity contribution in [2.24, 2.45) is 11.7 Å². The SMILES string of the molecule is CC(CN)C(=O)Nc1nccn1Cc1ccc(Br)cc1. The number of hydrogen-bond donors (Lipinski definition) is 2. The smallest absolute Gasteiger partial charge is 0.230 e. The summed E-state index contributed by atoms with van der Waals surface area (Å²) in [6.45, 7) is 2.76. The van der Waals surface area contributed by atoms with Gasteiger partial charge in [-0.25, -0.2) is 4.98 Å². The Morgan fingerprint density at radius 1 is 1.45 bits per heavy atom. The van der Waals surface area contributed by atoms with Gasteiger partial charge in [0.1, 0.15) is 0 Å². The van der Waals surface area contributed by atoms with Gasteiger partial charge in [0.15, 0.2) is 0 Å². The monoisotopic (exact) mass is 336 g/mol. The van der Waals surface area contributed by atoms with Crippen molar-refractivity contribution in [3.05, 3.63) is 46.7 Å². The van der Waals surface area contributed by atoms with Gasteiger partial charge in [-0.2, -0.15) is 0 Å². The molecule has 1 atom stereocenters. The number of hydrogen-bond acceptors (Lipinski definition) is 3. The molecule has 1 amide bonds. The molecule has 1 heterocycles. The zero-order chi connectivity index (χ0) is 14.5. The molecule has 106 valence electrons.